The van der Waals surface area contributed by atoms with Gasteiger partial charge in [0.05, 0.1) is 5.25 Å². The fourth-order valence-electron chi connectivity index (χ4n) is 1.50. The summed E-state index contributed by atoms with van der Waals surface area (Å²) in [5.41, 5.74) is 0. The summed E-state index contributed by atoms with van der Waals surface area (Å²) < 4.78 is 26.4. The topological polar surface area (TPSA) is 61.4 Å². The Morgan fingerprint density at radius 3 is 2.39 bits per heavy atom. The van der Waals surface area contributed by atoms with Crippen LogP contribution < -0.4 is 10.0 Å². The summed E-state index contributed by atoms with van der Waals surface area (Å²) in [4.78, 5) is 2.10. The van der Waals surface area contributed by atoms with Gasteiger partial charge in [-0.1, -0.05) is 6.92 Å². The molecule has 0 bridgehead atoms. The van der Waals surface area contributed by atoms with Gasteiger partial charge in [-0.3, -0.25) is 0 Å². The fourth-order valence-corrected chi connectivity index (χ4v) is 2.55. The molecule has 0 aliphatic carbocycles. The Balaban J connectivity index is 3.78. The number of nitrogens with zero attached hydrogens (tertiary/aromatic N) is 1. The minimum atomic E-state index is -3.17. The van der Waals surface area contributed by atoms with E-state index in [1.165, 1.54) is 0 Å². The lowest BCUT2D eigenvalue weighted by molar-refractivity contribution is 0.394. The summed E-state index contributed by atoms with van der Waals surface area (Å²) in [6, 6.07) is 0. The second-order valence-corrected chi connectivity index (χ2v) is 7.15. The third-order valence-electron chi connectivity index (χ3n) is 2.72. The van der Waals surface area contributed by atoms with Gasteiger partial charge >= 0.3 is 0 Å². The highest BCUT2D eigenvalue weighted by Crippen LogP contribution is 1.98. The van der Waals surface area contributed by atoms with Crippen LogP contribution in [-0.2, 0) is 10.0 Å². The number of hydrogen-bond acceptors (Lipinski definition) is 4. The lowest BCUT2D eigenvalue weighted by Gasteiger charge is -2.15. The molecule has 110 valence electrons. The molecule has 1 unspecified atom stereocenters. The van der Waals surface area contributed by atoms with E-state index in [1.54, 1.807) is 6.92 Å². The van der Waals surface area contributed by atoms with Crippen LogP contribution in [-0.4, -0.2) is 58.8 Å². The van der Waals surface area contributed by atoms with Gasteiger partial charge in [-0.25, -0.2) is 13.1 Å². The zero-order valence-electron chi connectivity index (χ0n) is 12.2. The summed E-state index contributed by atoms with van der Waals surface area (Å²) in [7, 11) is 0.871. The van der Waals surface area contributed by atoms with Crippen molar-refractivity contribution in [3.63, 3.8) is 0 Å². The number of rotatable bonds is 11. The third kappa shape index (κ3) is 8.85. The van der Waals surface area contributed by atoms with Crippen molar-refractivity contribution in [2.45, 2.75) is 38.4 Å². The van der Waals surface area contributed by atoms with Crippen molar-refractivity contribution in [2.75, 3.05) is 40.3 Å². The smallest absolute Gasteiger partial charge is 0.215 e. The lowest BCUT2D eigenvalue weighted by atomic mass is 10.3. The Bertz CT molecular complexity index is 292. The summed E-state index contributed by atoms with van der Waals surface area (Å²) in [5, 5.41) is 2.75. The van der Waals surface area contributed by atoms with E-state index in [-0.39, 0.29) is 5.25 Å². The van der Waals surface area contributed by atoms with Crippen molar-refractivity contribution >= 4 is 10.0 Å². The van der Waals surface area contributed by atoms with Crippen LogP contribution in [0.15, 0.2) is 0 Å². The molecule has 1 atom stereocenters. The van der Waals surface area contributed by atoms with Crippen LogP contribution in [0.5, 0.6) is 0 Å². The van der Waals surface area contributed by atoms with Gasteiger partial charge in [-0.15, -0.1) is 0 Å². The quantitative estimate of drug-likeness (QED) is 0.545. The second-order valence-electron chi connectivity index (χ2n) is 4.96. The molecular formula is C12H29N3O2S. The molecule has 2 N–H and O–H groups in total. The highest BCUT2D eigenvalue weighted by atomic mass is 32.2. The SMILES string of the molecule is CCCNCC(C)S(=O)(=O)NCCCCN(C)C. The van der Waals surface area contributed by atoms with Crippen molar-refractivity contribution in [1.29, 1.82) is 0 Å². The normalized spacial score (nSPS) is 14.1. The van der Waals surface area contributed by atoms with Crippen molar-refractivity contribution in [1.82, 2.24) is 14.9 Å². The van der Waals surface area contributed by atoms with Gasteiger partial charge in [0.25, 0.3) is 0 Å². The predicted molar refractivity (Wildman–Crippen MR) is 77.3 cm³/mol. The van der Waals surface area contributed by atoms with E-state index in [2.05, 4.69) is 21.9 Å². The van der Waals surface area contributed by atoms with E-state index >= 15 is 0 Å². The largest absolute Gasteiger partial charge is 0.315 e. The molecule has 5 nitrogen and oxygen atoms in total. The highest BCUT2D eigenvalue weighted by Gasteiger charge is 2.18. The van der Waals surface area contributed by atoms with Gasteiger partial charge in [0, 0.05) is 13.1 Å². The zero-order valence-corrected chi connectivity index (χ0v) is 13.0. The average Bonchev–Trinajstić information content (AvgIpc) is 2.28. The molecular weight excluding hydrogens is 250 g/mol. The van der Waals surface area contributed by atoms with E-state index in [1.807, 2.05) is 14.1 Å². The molecule has 0 radical (unpaired) electrons. The third-order valence-corrected chi connectivity index (χ3v) is 4.56. The van der Waals surface area contributed by atoms with Crippen LogP contribution in [0.1, 0.15) is 33.1 Å². The number of unbranched alkanes of at least 4 members (excludes halogenated alkanes) is 1. The van der Waals surface area contributed by atoms with Crippen molar-refractivity contribution in [3.8, 4) is 0 Å². The van der Waals surface area contributed by atoms with Gasteiger partial charge in [0.1, 0.15) is 0 Å². The maximum absolute atomic E-state index is 11.9. The molecule has 0 amide bonds. The maximum Gasteiger partial charge on any atom is 0.215 e. The van der Waals surface area contributed by atoms with Crippen LogP contribution in [0.2, 0.25) is 0 Å². The minimum absolute atomic E-state index is 0.377. The minimum Gasteiger partial charge on any atom is -0.315 e. The molecule has 0 saturated carbocycles. The lowest BCUT2D eigenvalue weighted by Crippen LogP contribution is -2.39. The van der Waals surface area contributed by atoms with E-state index in [9.17, 15) is 8.42 Å². The molecule has 0 spiro atoms. The Hall–Kier alpha value is -0.170. The number of hydrogen-bond donors (Lipinski definition) is 2. The molecule has 0 saturated heterocycles. The maximum atomic E-state index is 11.9. The molecule has 0 rings (SSSR count). The van der Waals surface area contributed by atoms with Crippen LogP contribution >= 0.6 is 0 Å². The molecule has 0 aromatic rings. The first kappa shape index (κ1) is 17.8. The molecule has 6 heteroatoms. The highest BCUT2D eigenvalue weighted by molar-refractivity contribution is 7.90. The fraction of sp³-hybridized carbons (Fsp3) is 1.00. The van der Waals surface area contributed by atoms with Crippen molar-refractivity contribution in [3.05, 3.63) is 0 Å². The molecule has 0 aromatic heterocycles. The first-order valence-electron chi connectivity index (χ1n) is 6.74. The first-order chi connectivity index (χ1) is 8.40. The van der Waals surface area contributed by atoms with Crippen molar-refractivity contribution < 1.29 is 8.42 Å². The molecule has 0 fully saturated rings. The molecule has 18 heavy (non-hydrogen) atoms. The molecule has 0 heterocycles. The second kappa shape index (κ2) is 9.72. The molecule has 0 aliphatic heterocycles. The number of nitrogens with one attached hydrogen (secondary N) is 2. The predicted octanol–water partition coefficient (Wildman–Crippen LogP) is 0.636. The van der Waals surface area contributed by atoms with E-state index in [0.29, 0.717) is 13.1 Å². The van der Waals surface area contributed by atoms with Gasteiger partial charge in [0.15, 0.2) is 0 Å². The summed E-state index contributed by atoms with van der Waals surface area (Å²) in [5.74, 6) is 0. The van der Waals surface area contributed by atoms with Gasteiger partial charge < -0.3 is 10.2 Å². The van der Waals surface area contributed by atoms with E-state index in [4.69, 9.17) is 0 Å². The Morgan fingerprint density at radius 2 is 1.83 bits per heavy atom. The summed E-state index contributed by atoms with van der Waals surface area (Å²) >= 11 is 0. The average molecular weight is 279 g/mol. The van der Waals surface area contributed by atoms with Gasteiger partial charge in [0.2, 0.25) is 10.0 Å². The number of sulfonamides is 1. The Kier molecular flexibility index (Phi) is 9.63. The Morgan fingerprint density at radius 1 is 1.17 bits per heavy atom. The van der Waals surface area contributed by atoms with Crippen LogP contribution in [0.25, 0.3) is 0 Å². The molecule has 0 aliphatic rings. The van der Waals surface area contributed by atoms with Crippen LogP contribution in [0.4, 0.5) is 0 Å². The van der Waals surface area contributed by atoms with Crippen LogP contribution in [0.3, 0.4) is 0 Å². The van der Waals surface area contributed by atoms with Crippen LogP contribution in [0, 0.1) is 0 Å². The first-order valence-corrected chi connectivity index (χ1v) is 8.28. The van der Waals surface area contributed by atoms with Gasteiger partial charge in [-0.05, 0) is 53.4 Å². The van der Waals surface area contributed by atoms with Gasteiger partial charge in [-0.2, -0.15) is 0 Å². The summed E-state index contributed by atoms with van der Waals surface area (Å²) in [6.07, 6.45) is 2.91. The standard InChI is InChI=1S/C12H29N3O2S/c1-5-8-13-11-12(2)18(16,17)14-9-6-7-10-15(3)4/h12-14H,5-11H2,1-4H3. The van der Waals surface area contributed by atoms with E-state index in [0.717, 1.165) is 32.4 Å². The Labute approximate surface area is 112 Å². The molecule has 0 aromatic carbocycles. The summed E-state index contributed by atoms with van der Waals surface area (Å²) in [6.45, 7) is 6.72. The zero-order chi connectivity index (χ0) is 14.0. The van der Waals surface area contributed by atoms with E-state index < -0.39 is 10.0 Å². The van der Waals surface area contributed by atoms with Crippen molar-refractivity contribution in [2.24, 2.45) is 0 Å². The monoisotopic (exact) mass is 279 g/mol.